The van der Waals surface area contributed by atoms with Crippen LogP contribution in [0.15, 0.2) is 11.6 Å². The number of hydrogen-bond donors (Lipinski definition) is 4. The zero-order valence-electron chi connectivity index (χ0n) is 28.4. The maximum absolute atomic E-state index is 14.2. The molecule has 7 rings (SSSR count). The summed E-state index contributed by atoms with van der Waals surface area (Å²) in [6, 6.07) is 0. The van der Waals surface area contributed by atoms with Gasteiger partial charge in [0.25, 0.3) is 0 Å². The highest BCUT2D eigenvalue weighted by molar-refractivity contribution is 5.95. The number of rotatable bonds is 5. The summed E-state index contributed by atoms with van der Waals surface area (Å²) in [5.41, 5.74) is -3.02. The minimum absolute atomic E-state index is 0.0286. The average molecular weight is 641 g/mol. The molecule has 16 atom stereocenters. The van der Waals surface area contributed by atoms with E-state index in [1.54, 1.807) is 14.0 Å². The summed E-state index contributed by atoms with van der Waals surface area (Å²) in [7, 11) is 1.69. The van der Waals surface area contributed by atoms with Crippen molar-refractivity contribution in [1.29, 1.82) is 0 Å². The predicted molar refractivity (Wildman–Crippen MR) is 171 cm³/mol. The summed E-state index contributed by atoms with van der Waals surface area (Å²) in [4.78, 5) is 14.2. The molecular weight excluding hydrogens is 584 g/mol. The molecule has 8 heteroatoms. The topological polar surface area (TPSA) is 126 Å². The molecular formula is C38H56O8. The fourth-order valence-corrected chi connectivity index (χ4v) is 12.6. The largest absolute Gasteiger partial charge is 0.387 e. The molecule has 0 unspecified atom stereocenters. The Kier molecular flexibility index (Phi) is 8.40. The molecule has 2 aliphatic heterocycles. The Hall–Kier alpha value is -1.31. The normalized spacial score (nSPS) is 54.3. The fraction of sp³-hybridized carbons (Fsp3) is 0.868. The molecule has 2 heterocycles. The number of carbonyl (C=O) groups is 1. The summed E-state index contributed by atoms with van der Waals surface area (Å²) in [5.74, 6) is 6.08. The van der Waals surface area contributed by atoms with Gasteiger partial charge in [-0.1, -0.05) is 33.1 Å². The van der Waals surface area contributed by atoms with Crippen LogP contribution >= 0.6 is 0 Å². The lowest BCUT2D eigenvalue weighted by molar-refractivity contribution is -0.239. The van der Waals surface area contributed by atoms with E-state index in [1.807, 2.05) is 19.9 Å². The van der Waals surface area contributed by atoms with Crippen molar-refractivity contribution in [3.63, 3.8) is 0 Å². The van der Waals surface area contributed by atoms with Gasteiger partial charge in [-0.05, 0) is 111 Å². The van der Waals surface area contributed by atoms with Gasteiger partial charge in [0.2, 0.25) is 0 Å². The molecule has 5 fully saturated rings. The van der Waals surface area contributed by atoms with Crippen molar-refractivity contribution < 1.29 is 39.4 Å². The third kappa shape index (κ3) is 4.48. The van der Waals surface area contributed by atoms with Gasteiger partial charge in [-0.15, -0.1) is 5.92 Å². The zero-order valence-corrected chi connectivity index (χ0v) is 28.4. The molecule has 256 valence electrons. The van der Waals surface area contributed by atoms with Crippen LogP contribution in [-0.4, -0.2) is 88.3 Å². The van der Waals surface area contributed by atoms with E-state index in [0.29, 0.717) is 45.3 Å². The van der Waals surface area contributed by atoms with Crippen molar-refractivity contribution in [2.75, 3.05) is 20.3 Å². The molecule has 8 nitrogen and oxygen atoms in total. The SMILES string of the molecule is COCCCO[C@H]1CC[C@]2(C)[C@@H]3C(=CC(=O)[C@@H]2C1)[C@]1(O)CC[C@@H]2[C@](C)(O)[C@H](O)[C@H]4O[C@H]([C@H](C)[C@H]4C)[C@@H](O)C#CC[C@H]4[C@H]3CCC[C@@]241. The van der Waals surface area contributed by atoms with Crippen molar-refractivity contribution in [2.45, 2.75) is 134 Å². The van der Waals surface area contributed by atoms with Gasteiger partial charge in [-0.2, -0.15) is 0 Å². The van der Waals surface area contributed by atoms with Crippen molar-refractivity contribution in [1.82, 2.24) is 0 Å². The second-order valence-electron chi connectivity index (χ2n) is 16.7. The first-order chi connectivity index (χ1) is 21.8. The van der Waals surface area contributed by atoms with Gasteiger partial charge in [-0.25, -0.2) is 0 Å². The number of allylic oxidation sites excluding steroid dienone is 1. The van der Waals surface area contributed by atoms with Crippen LogP contribution in [-0.2, 0) is 19.0 Å². The predicted octanol–water partition coefficient (Wildman–Crippen LogP) is 3.82. The van der Waals surface area contributed by atoms with E-state index in [9.17, 15) is 25.2 Å². The molecule has 0 aromatic heterocycles. The van der Waals surface area contributed by atoms with Gasteiger partial charge in [0.05, 0.1) is 29.5 Å². The van der Waals surface area contributed by atoms with Crippen LogP contribution in [0, 0.1) is 64.1 Å². The van der Waals surface area contributed by atoms with Crippen LogP contribution in [0.4, 0.5) is 0 Å². The first-order valence-electron chi connectivity index (χ1n) is 18.1. The number of ether oxygens (including phenoxy) is 3. The Labute approximate surface area is 274 Å². The number of methoxy groups -OCH3 is 1. The van der Waals surface area contributed by atoms with Gasteiger partial charge >= 0.3 is 0 Å². The van der Waals surface area contributed by atoms with Gasteiger partial charge in [0, 0.05) is 38.1 Å². The Morgan fingerprint density at radius 1 is 1.02 bits per heavy atom. The van der Waals surface area contributed by atoms with E-state index in [4.69, 9.17) is 14.2 Å². The molecule has 1 spiro atoms. The van der Waals surface area contributed by atoms with Crippen molar-refractivity contribution >= 4 is 5.78 Å². The lowest BCUT2D eigenvalue weighted by atomic mass is 9.36. The Morgan fingerprint density at radius 2 is 1.78 bits per heavy atom. The lowest BCUT2D eigenvalue weighted by Crippen LogP contribution is -2.70. The molecule has 4 saturated carbocycles. The standard InChI is InChI=1S/C38H56O8/c1-21-22(2)33-34(41)36(4,42)30-13-16-38(43)27-20-29(40)26-19-23(45-18-8-17-44-5)12-15-35(26,3)31(27)24-9-7-14-37(30,38)25(24)10-6-11-28(39)32(21)46-33/h20-26,28,30-34,39,41-43H,7-10,12-19H2,1-5H3/t21-,22-,23+,24-,25+,26+,28+,30-,31+,32-,33+,34-,35+,36+,37+,38-/m1/s1. The van der Waals surface area contributed by atoms with Crippen LogP contribution in [0.1, 0.15) is 91.9 Å². The van der Waals surface area contributed by atoms with Gasteiger partial charge in [0.1, 0.15) is 12.2 Å². The minimum Gasteiger partial charge on any atom is -0.387 e. The second kappa shape index (κ2) is 11.6. The van der Waals surface area contributed by atoms with Gasteiger partial charge in [-0.3, -0.25) is 4.79 Å². The van der Waals surface area contributed by atoms with E-state index in [0.717, 1.165) is 37.7 Å². The molecule has 4 bridgehead atoms. The molecule has 0 radical (unpaired) electrons. The summed E-state index contributed by atoms with van der Waals surface area (Å²) in [6.07, 6.45) is 5.81. The summed E-state index contributed by atoms with van der Waals surface area (Å²) < 4.78 is 17.8. The van der Waals surface area contributed by atoms with E-state index < -0.39 is 47.0 Å². The number of hydrogen-bond acceptors (Lipinski definition) is 8. The monoisotopic (exact) mass is 640 g/mol. The van der Waals surface area contributed by atoms with Crippen LogP contribution in [0.3, 0.4) is 0 Å². The van der Waals surface area contributed by atoms with Gasteiger partial charge < -0.3 is 34.6 Å². The van der Waals surface area contributed by atoms with Crippen molar-refractivity contribution in [3.8, 4) is 11.8 Å². The Bertz CT molecular complexity index is 1300. The first kappa shape index (κ1) is 33.2. The van der Waals surface area contributed by atoms with E-state index in [-0.39, 0.29) is 52.8 Å². The second-order valence-corrected chi connectivity index (χ2v) is 16.7. The molecule has 0 aromatic carbocycles. The highest BCUT2D eigenvalue weighted by atomic mass is 16.5. The van der Waals surface area contributed by atoms with Crippen LogP contribution in [0.2, 0.25) is 0 Å². The molecule has 46 heavy (non-hydrogen) atoms. The van der Waals surface area contributed by atoms with E-state index >= 15 is 0 Å². The number of carbonyl (C=O) groups excluding carboxylic acids is 1. The van der Waals surface area contributed by atoms with Crippen LogP contribution in [0.5, 0.6) is 0 Å². The summed E-state index contributed by atoms with van der Waals surface area (Å²) >= 11 is 0. The Morgan fingerprint density at radius 3 is 2.54 bits per heavy atom. The van der Waals surface area contributed by atoms with Gasteiger partial charge in [0.15, 0.2) is 5.78 Å². The highest BCUT2D eigenvalue weighted by Gasteiger charge is 2.76. The smallest absolute Gasteiger partial charge is 0.159 e. The third-order valence-electron chi connectivity index (χ3n) is 14.9. The molecule has 0 amide bonds. The maximum atomic E-state index is 14.2. The summed E-state index contributed by atoms with van der Waals surface area (Å²) in [5, 5.41) is 49.0. The number of fused-ring (bicyclic) bond motifs is 7. The molecule has 0 aromatic rings. The van der Waals surface area contributed by atoms with Crippen molar-refractivity contribution in [2.24, 2.45) is 52.3 Å². The molecule has 7 aliphatic rings. The molecule has 4 N–H and O–H groups in total. The zero-order chi connectivity index (χ0) is 32.8. The Balaban J connectivity index is 1.32. The molecule has 5 aliphatic carbocycles. The third-order valence-corrected chi connectivity index (χ3v) is 14.9. The van der Waals surface area contributed by atoms with E-state index in [1.165, 1.54) is 0 Å². The highest BCUT2D eigenvalue weighted by Crippen LogP contribution is 2.76. The number of ketones is 1. The number of aliphatic hydroxyl groups excluding tert-OH is 2. The first-order valence-corrected chi connectivity index (χ1v) is 18.1. The lowest BCUT2D eigenvalue weighted by Gasteiger charge is -2.68. The maximum Gasteiger partial charge on any atom is 0.159 e. The fourth-order valence-electron chi connectivity index (χ4n) is 12.6. The summed E-state index contributed by atoms with van der Waals surface area (Å²) in [6.45, 7) is 9.33. The minimum atomic E-state index is -1.55. The average Bonchev–Trinajstić information content (AvgIpc) is 3.49. The van der Waals surface area contributed by atoms with Crippen LogP contribution < -0.4 is 0 Å². The van der Waals surface area contributed by atoms with Crippen LogP contribution in [0.25, 0.3) is 0 Å². The molecule has 1 saturated heterocycles. The van der Waals surface area contributed by atoms with E-state index in [2.05, 4.69) is 18.8 Å². The quantitative estimate of drug-likeness (QED) is 0.264. The van der Waals surface area contributed by atoms with Crippen molar-refractivity contribution in [3.05, 3.63) is 11.6 Å². The number of aliphatic hydroxyl groups is 4.